The topological polar surface area (TPSA) is 122 Å². The molecule has 0 aliphatic carbocycles. The molecule has 9 rings (SSSR count). The zero-order valence-electron chi connectivity index (χ0n) is 32.9. The van der Waals surface area contributed by atoms with Crippen LogP contribution in [-0.4, -0.2) is 38.3 Å². The third-order valence-electron chi connectivity index (χ3n) is 10.2. The molecule has 0 atom stereocenters. The molecule has 8 aromatic rings. The molecule has 60 heavy (non-hydrogen) atoms. The number of fused-ring (bicyclic) bond motifs is 2. The monoisotopic (exact) mass is 944 g/mol. The van der Waals surface area contributed by atoms with Crippen LogP contribution in [0.2, 0.25) is 10.0 Å². The highest BCUT2D eigenvalue weighted by Crippen LogP contribution is 2.39. The van der Waals surface area contributed by atoms with Crippen molar-refractivity contribution in [1.82, 2.24) is 19.9 Å². The molecule has 8 nitrogen and oxygen atoms in total. The molecule has 4 N–H and O–H groups in total. The summed E-state index contributed by atoms with van der Waals surface area (Å²) in [6, 6.07) is 25.3. The summed E-state index contributed by atoms with van der Waals surface area (Å²) in [5.74, 6) is 0.428. The van der Waals surface area contributed by atoms with Gasteiger partial charge >= 0.3 is 7.12 Å². The molecular weight excluding hydrogens is 908 g/mol. The van der Waals surface area contributed by atoms with Gasteiger partial charge < -0.3 is 20.8 Å². The number of rotatable bonds is 6. The molecule has 4 aromatic carbocycles. The van der Waals surface area contributed by atoms with Crippen LogP contribution in [0.4, 0.5) is 20.4 Å². The van der Waals surface area contributed by atoms with Crippen LogP contribution >= 0.6 is 61.8 Å². The number of benzene rings is 4. The predicted octanol–water partition coefficient (Wildman–Crippen LogP) is 11.9. The van der Waals surface area contributed by atoms with Crippen LogP contribution in [-0.2, 0) is 21.1 Å². The van der Waals surface area contributed by atoms with Crippen molar-refractivity contribution in [3.8, 4) is 22.3 Å². The van der Waals surface area contributed by atoms with E-state index < -0.39 is 0 Å². The molecule has 0 bridgehead atoms. The van der Waals surface area contributed by atoms with Gasteiger partial charge in [0.1, 0.15) is 23.3 Å². The number of thiazole rings is 2. The van der Waals surface area contributed by atoms with Gasteiger partial charge in [-0.25, -0.2) is 28.7 Å². The first-order valence-electron chi connectivity index (χ1n) is 18.6. The molecule has 5 heterocycles. The summed E-state index contributed by atoms with van der Waals surface area (Å²) in [6.45, 7) is 8.10. The fraction of sp³-hybridized carbons (Fsp3) is 0.182. The van der Waals surface area contributed by atoms with E-state index in [4.69, 9.17) is 44.0 Å². The lowest BCUT2D eigenvalue weighted by atomic mass is 9.80. The third kappa shape index (κ3) is 9.50. The Morgan fingerprint density at radius 2 is 1.17 bits per heavy atom. The number of aromatic nitrogens is 4. The summed E-state index contributed by atoms with van der Waals surface area (Å²) < 4.78 is 43.6. The fourth-order valence-electron chi connectivity index (χ4n) is 6.40. The number of hydrogen-bond acceptors (Lipinski definition) is 10. The number of halogens is 5. The Labute approximate surface area is 373 Å². The minimum atomic E-state index is -0.363. The van der Waals surface area contributed by atoms with Crippen LogP contribution in [0.1, 0.15) is 44.4 Å². The van der Waals surface area contributed by atoms with Gasteiger partial charge in [0.05, 0.1) is 42.7 Å². The number of nitrogen functional groups attached to an aromatic ring is 2. The highest BCUT2D eigenvalue weighted by atomic mass is 79.9. The summed E-state index contributed by atoms with van der Waals surface area (Å²) >= 11 is 18.4. The second-order valence-electron chi connectivity index (χ2n) is 14.9. The number of nitrogens with zero attached hydrogens (tertiary/aromatic N) is 4. The van der Waals surface area contributed by atoms with Crippen molar-refractivity contribution in [3.63, 3.8) is 0 Å². The van der Waals surface area contributed by atoms with Crippen molar-refractivity contribution in [1.29, 1.82) is 0 Å². The van der Waals surface area contributed by atoms with Crippen molar-refractivity contribution in [2.45, 2.75) is 50.6 Å². The van der Waals surface area contributed by atoms with E-state index >= 15 is 4.39 Å². The normalized spacial score (nSPS) is 14.1. The van der Waals surface area contributed by atoms with Crippen LogP contribution < -0.4 is 16.9 Å². The molecule has 0 radical (unpaired) electrons. The third-order valence-corrected chi connectivity index (χ3v) is 12.9. The van der Waals surface area contributed by atoms with Crippen molar-refractivity contribution in [2.24, 2.45) is 0 Å². The van der Waals surface area contributed by atoms with Crippen LogP contribution in [0.25, 0.3) is 42.7 Å². The quantitative estimate of drug-likeness (QED) is 0.125. The standard InChI is InChI=1S/C19H13ClFN3S.C14H8BrClFNS.C11H17BN2O2/c20-14-3-1-2-12(7-14)17-18(21)13(8-15-19(17)24-10-25-15)6-11-4-5-16(22)23-9-11;15-6-9-5-11-14(18-7-19-11)12(13(9)17)8-2-1-3-10(16)4-8;1-10(2)11(3,4)16-12(15-10)8-5-6-9(13)14-7-8/h1-5,7-10H,6H2,(H2,22,23);1-5,7H,6H2;5-7H,1-4H3,(H2,13,14). The molecule has 1 saturated heterocycles. The predicted molar refractivity (Wildman–Crippen MR) is 248 cm³/mol. The highest BCUT2D eigenvalue weighted by Gasteiger charge is 2.51. The molecule has 0 amide bonds. The number of nitrogens with two attached hydrogens (primary N) is 2. The van der Waals surface area contributed by atoms with Gasteiger partial charge in [-0.3, -0.25) is 0 Å². The molecule has 1 aliphatic rings. The molecular formula is C44H38BBrCl2F2N6O2S2. The Morgan fingerprint density at radius 1 is 0.667 bits per heavy atom. The molecule has 306 valence electrons. The Kier molecular flexibility index (Phi) is 13.2. The zero-order valence-corrected chi connectivity index (χ0v) is 37.6. The van der Waals surface area contributed by atoms with Crippen LogP contribution in [0, 0.1) is 11.6 Å². The van der Waals surface area contributed by atoms with Gasteiger partial charge in [0.15, 0.2) is 0 Å². The van der Waals surface area contributed by atoms with E-state index in [1.807, 2.05) is 76.2 Å². The van der Waals surface area contributed by atoms with Crippen LogP contribution in [0.3, 0.4) is 0 Å². The summed E-state index contributed by atoms with van der Waals surface area (Å²) in [6.07, 6.45) is 3.79. The first-order valence-corrected chi connectivity index (χ1v) is 22.2. The average molecular weight is 947 g/mol. The number of pyridine rings is 2. The SMILES string of the molecule is CC1(C)OB(c2ccc(N)nc2)OC1(C)C.Fc1c(CBr)cc2scnc2c1-c1cccc(Cl)c1.Nc1ccc(Cc2cc3scnc3c(-c3cccc(Cl)c3)c2F)cn1. The minimum Gasteiger partial charge on any atom is -0.399 e. The van der Waals surface area contributed by atoms with Gasteiger partial charge in [-0.2, -0.15) is 0 Å². The molecule has 0 saturated carbocycles. The van der Waals surface area contributed by atoms with Gasteiger partial charge in [0.2, 0.25) is 0 Å². The molecule has 0 spiro atoms. The summed E-state index contributed by atoms with van der Waals surface area (Å²) in [5.41, 5.74) is 20.8. The Bertz CT molecular complexity index is 2780. The fourth-order valence-corrected chi connectivity index (χ4v) is 8.68. The maximum atomic E-state index is 15.3. The number of anilines is 2. The van der Waals surface area contributed by atoms with Crippen molar-refractivity contribution in [3.05, 3.63) is 147 Å². The van der Waals surface area contributed by atoms with E-state index in [-0.39, 0.29) is 30.0 Å². The highest BCUT2D eigenvalue weighted by molar-refractivity contribution is 9.08. The molecule has 1 fully saturated rings. The van der Waals surface area contributed by atoms with Crippen molar-refractivity contribution in [2.75, 3.05) is 11.5 Å². The number of hydrogen-bond donors (Lipinski definition) is 2. The second-order valence-corrected chi connectivity index (χ2v) is 18.1. The van der Waals surface area contributed by atoms with Gasteiger partial charge in [0, 0.05) is 56.3 Å². The molecule has 1 aliphatic heterocycles. The Morgan fingerprint density at radius 3 is 1.63 bits per heavy atom. The van der Waals surface area contributed by atoms with E-state index in [0.717, 1.165) is 31.6 Å². The minimum absolute atomic E-state index is 0.238. The maximum Gasteiger partial charge on any atom is 0.496 e. The van der Waals surface area contributed by atoms with E-state index in [9.17, 15) is 4.39 Å². The van der Waals surface area contributed by atoms with E-state index in [1.54, 1.807) is 59.8 Å². The van der Waals surface area contributed by atoms with E-state index in [0.29, 0.717) is 66.7 Å². The average Bonchev–Trinajstić information content (AvgIpc) is 3.93. The molecule has 4 aromatic heterocycles. The van der Waals surface area contributed by atoms with Crippen LogP contribution in [0.5, 0.6) is 0 Å². The summed E-state index contributed by atoms with van der Waals surface area (Å²) in [7, 11) is -0.363. The largest absolute Gasteiger partial charge is 0.496 e. The molecule has 0 unspecified atom stereocenters. The lowest BCUT2D eigenvalue weighted by Crippen LogP contribution is -2.41. The first kappa shape index (κ1) is 43.6. The maximum absolute atomic E-state index is 15.3. The van der Waals surface area contributed by atoms with Crippen molar-refractivity contribution < 1.29 is 18.1 Å². The van der Waals surface area contributed by atoms with Crippen molar-refractivity contribution >= 4 is 106 Å². The summed E-state index contributed by atoms with van der Waals surface area (Å²) in [4.78, 5) is 16.7. The van der Waals surface area contributed by atoms with Gasteiger partial charge in [0.25, 0.3) is 0 Å². The van der Waals surface area contributed by atoms with Crippen LogP contribution in [0.15, 0.2) is 108 Å². The zero-order chi connectivity index (χ0) is 42.8. The van der Waals surface area contributed by atoms with Gasteiger partial charge in [-0.1, -0.05) is 75.5 Å². The lowest BCUT2D eigenvalue weighted by Gasteiger charge is -2.32. The Hall–Kier alpha value is -4.54. The second kappa shape index (κ2) is 18.2. The van der Waals surface area contributed by atoms with Gasteiger partial charge in [-0.05, 0) is 98.5 Å². The van der Waals surface area contributed by atoms with E-state index in [2.05, 4.69) is 35.9 Å². The number of alkyl halides is 1. The van der Waals surface area contributed by atoms with E-state index in [1.165, 1.54) is 22.7 Å². The Balaban J connectivity index is 0.000000140. The summed E-state index contributed by atoms with van der Waals surface area (Å²) in [5, 5.41) is 1.62. The van der Waals surface area contributed by atoms with Gasteiger partial charge in [-0.15, -0.1) is 22.7 Å². The smallest absolute Gasteiger partial charge is 0.399 e. The molecule has 16 heteroatoms. The lowest BCUT2D eigenvalue weighted by molar-refractivity contribution is 0.00578. The first-order chi connectivity index (χ1) is 28.6.